The first kappa shape index (κ1) is 16.1. The van der Waals surface area contributed by atoms with Crippen LogP contribution >= 0.6 is 0 Å². The van der Waals surface area contributed by atoms with Crippen LogP contribution in [0.4, 0.5) is 0 Å². The van der Waals surface area contributed by atoms with Crippen LogP contribution in [0.15, 0.2) is 0 Å². The predicted octanol–water partition coefficient (Wildman–Crippen LogP) is -1.30. The van der Waals surface area contributed by atoms with Crippen molar-refractivity contribution in [2.75, 3.05) is 13.7 Å². The summed E-state index contributed by atoms with van der Waals surface area (Å²) in [5.74, 6) is 0. The molecule has 0 amide bonds. The van der Waals surface area contributed by atoms with Crippen LogP contribution in [0, 0.1) is 0 Å². The molecule has 0 aliphatic heterocycles. The topological polar surface area (TPSA) is 38.7 Å². The third-order valence-electron chi connectivity index (χ3n) is 1.61. The molecule has 0 aliphatic carbocycles. The average Bonchev–Trinajstić information content (AvgIpc) is 1.96. The van der Waals surface area contributed by atoms with Crippen LogP contribution in [0.5, 0.6) is 0 Å². The van der Waals surface area contributed by atoms with Crippen LogP contribution in [0.2, 0.25) is 19.1 Å². The quantitative estimate of drug-likeness (QED) is 0.428. The van der Waals surface area contributed by atoms with Crippen LogP contribution in [0.25, 0.3) is 0 Å². The Labute approximate surface area is 95.6 Å². The summed E-state index contributed by atoms with van der Waals surface area (Å²) >= 11 is 0. The van der Waals surface area contributed by atoms with Gasteiger partial charge in [0.05, 0.1) is 0 Å². The van der Waals surface area contributed by atoms with Gasteiger partial charge in [0, 0.05) is 13.7 Å². The van der Waals surface area contributed by atoms with Crippen LogP contribution in [-0.2, 0) is 9.47 Å². The molecule has 0 aliphatic rings. The summed E-state index contributed by atoms with van der Waals surface area (Å²) in [6, 6.07) is 0.825. The van der Waals surface area contributed by atoms with Gasteiger partial charge >= 0.3 is 18.9 Å². The van der Waals surface area contributed by atoms with Crippen LogP contribution < -0.4 is 18.9 Å². The van der Waals surface area contributed by atoms with Crippen molar-refractivity contribution < 1.29 is 34.6 Å². The van der Waals surface area contributed by atoms with Gasteiger partial charge in [0.15, 0.2) is 14.6 Å². The molecule has 0 rings (SSSR count). The molecular weight excluding hydrogens is 179 g/mol. The molecule has 0 saturated carbocycles. The first-order valence-corrected chi connectivity index (χ1v) is 7.52. The Morgan fingerprint density at radius 2 is 2.00 bits per heavy atom. The molecule has 5 heteroatoms. The van der Waals surface area contributed by atoms with E-state index in [1.165, 1.54) is 0 Å². The molecule has 0 fully saturated rings. The number of methoxy groups -OCH3 is 1. The van der Waals surface area contributed by atoms with Crippen molar-refractivity contribution in [3.05, 3.63) is 0 Å². The largest absolute Gasteiger partial charge is 1.00 e. The van der Waals surface area contributed by atoms with Gasteiger partial charge in [-0.25, -0.2) is 0 Å². The Balaban J connectivity index is -0.000000605. The molecular formula is C8H21LiO3Si. The van der Waals surface area contributed by atoms with Crippen molar-refractivity contribution in [2.24, 2.45) is 0 Å². The fourth-order valence-electron chi connectivity index (χ4n) is 0.926. The molecule has 1 unspecified atom stereocenters. The Bertz CT molecular complexity index is 122. The maximum Gasteiger partial charge on any atom is 1.00 e. The minimum atomic E-state index is -1.93. The summed E-state index contributed by atoms with van der Waals surface area (Å²) in [4.78, 5) is 9.56. The Kier molecular flexibility index (Phi) is 9.98. The normalized spacial score (nSPS) is 13.6. The molecule has 0 aromatic rings. The smallest absolute Gasteiger partial charge is 1.00 e. The standard InChI is InChI=1S/C8H20O3Si.Li.H/c1-5-11-8(10-2)6-7-12(3,4)9;;/h8-9H,5-7H2,1-4H3;;/q;+1;-1. The van der Waals surface area contributed by atoms with Gasteiger partial charge < -0.3 is 15.7 Å². The molecule has 0 saturated heterocycles. The van der Waals surface area contributed by atoms with E-state index in [0.29, 0.717) is 6.61 Å². The van der Waals surface area contributed by atoms with Gasteiger partial charge in [-0.1, -0.05) is 0 Å². The van der Waals surface area contributed by atoms with E-state index < -0.39 is 8.32 Å². The zero-order chi connectivity index (χ0) is 9.61. The second kappa shape index (κ2) is 8.04. The van der Waals surface area contributed by atoms with E-state index in [9.17, 15) is 4.80 Å². The van der Waals surface area contributed by atoms with Gasteiger partial charge in [0.2, 0.25) is 0 Å². The van der Waals surface area contributed by atoms with Crippen molar-refractivity contribution >= 4 is 8.32 Å². The van der Waals surface area contributed by atoms with E-state index in [1.807, 2.05) is 20.0 Å². The van der Waals surface area contributed by atoms with Crippen LogP contribution in [0.3, 0.4) is 0 Å². The summed E-state index contributed by atoms with van der Waals surface area (Å²) in [5, 5.41) is 0. The van der Waals surface area contributed by atoms with Gasteiger partial charge in [-0.15, -0.1) is 0 Å². The van der Waals surface area contributed by atoms with Gasteiger partial charge in [-0.3, -0.25) is 0 Å². The fourth-order valence-corrected chi connectivity index (χ4v) is 1.87. The summed E-state index contributed by atoms with van der Waals surface area (Å²) in [5.41, 5.74) is 0. The molecule has 0 aromatic carbocycles. The minimum Gasteiger partial charge on any atom is -1.00 e. The van der Waals surface area contributed by atoms with E-state index in [2.05, 4.69) is 0 Å². The second-order valence-electron chi connectivity index (χ2n) is 3.47. The van der Waals surface area contributed by atoms with Crippen LogP contribution in [0.1, 0.15) is 14.8 Å². The molecule has 76 valence electrons. The molecule has 0 spiro atoms. The average molecular weight is 200 g/mol. The second-order valence-corrected chi connectivity index (χ2v) is 7.60. The van der Waals surface area contributed by atoms with Crippen molar-refractivity contribution in [3.8, 4) is 0 Å². The zero-order valence-electron chi connectivity index (χ0n) is 10.5. The SMILES string of the molecule is CCOC(CC[Si](C)(C)O)OC.[H-].[Li+]. The number of rotatable bonds is 6. The van der Waals surface area contributed by atoms with Gasteiger partial charge in [-0.05, 0) is 32.5 Å². The van der Waals surface area contributed by atoms with Crippen molar-refractivity contribution in [1.82, 2.24) is 0 Å². The maximum atomic E-state index is 9.56. The fraction of sp³-hybridized carbons (Fsp3) is 1.00. The summed E-state index contributed by atoms with van der Waals surface area (Å²) in [6.45, 7) is 6.44. The van der Waals surface area contributed by atoms with E-state index in [0.717, 1.165) is 12.5 Å². The molecule has 0 bridgehead atoms. The predicted molar refractivity (Wildman–Crippen MR) is 52.7 cm³/mol. The van der Waals surface area contributed by atoms with Gasteiger partial charge in [0.1, 0.15) is 0 Å². The van der Waals surface area contributed by atoms with E-state index in [1.54, 1.807) is 7.11 Å². The van der Waals surface area contributed by atoms with Crippen molar-refractivity contribution in [2.45, 2.75) is 38.8 Å². The Morgan fingerprint density at radius 1 is 1.46 bits per heavy atom. The minimum absolute atomic E-state index is 0. The Morgan fingerprint density at radius 3 is 2.31 bits per heavy atom. The number of ether oxygens (including phenoxy) is 2. The first-order valence-electron chi connectivity index (χ1n) is 4.36. The monoisotopic (exact) mass is 200 g/mol. The molecule has 1 atom stereocenters. The Hall–Kier alpha value is 0.694. The van der Waals surface area contributed by atoms with Crippen LogP contribution in [-0.4, -0.2) is 33.1 Å². The van der Waals surface area contributed by atoms with Gasteiger partial charge in [0.25, 0.3) is 0 Å². The van der Waals surface area contributed by atoms with E-state index in [-0.39, 0.29) is 26.6 Å². The molecule has 3 nitrogen and oxygen atoms in total. The summed E-state index contributed by atoms with van der Waals surface area (Å²) in [7, 11) is -0.294. The zero-order valence-corrected chi connectivity index (χ0v) is 10.5. The van der Waals surface area contributed by atoms with Gasteiger partial charge in [-0.2, -0.15) is 0 Å². The van der Waals surface area contributed by atoms with E-state index >= 15 is 0 Å². The molecule has 1 N–H and O–H groups in total. The summed E-state index contributed by atoms with van der Waals surface area (Å²) in [6.07, 6.45) is 0.647. The molecule has 0 radical (unpaired) electrons. The maximum absolute atomic E-state index is 9.56. The third kappa shape index (κ3) is 10.6. The number of hydrogen-bond acceptors (Lipinski definition) is 3. The molecule has 13 heavy (non-hydrogen) atoms. The third-order valence-corrected chi connectivity index (χ3v) is 3.12. The molecule has 0 heterocycles. The number of hydrogen-bond donors (Lipinski definition) is 1. The summed E-state index contributed by atoms with van der Waals surface area (Å²) < 4.78 is 10.4. The van der Waals surface area contributed by atoms with Crippen molar-refractivity contribution in [3.63, 3.8) is 0 Å². The van der Waals surface area contributed by atoms with Crippen molar-refractivity contribution in [1.29, 1.82) is 0 Å². The molecule has 0 aromatic heterocycles. The first-order chi connectivity index (χ1) is 5.49. The van der Waals surface area contributed by atoms with E-state index in [4.69, 9.17) is 9.47 Å².